The van der Waals surface area contributed by atoms with Gasteiger partial charge in [-0.15, -0.1) is 0 Å². The van der Waals surface area contributed by atoms with Crippen molar-refractivity contribution in [2.24, 2.45) is 0 Å². The lowest BCUT2D eigenvalue weighted by Gasteiger charge is -2.26. The van der Waals surface area contributed by atoms with Gasteiger partial charge < -0.3 is 14.4 Å². The van der Waals surface area contributed by atoms with Gasteiger partial charge in [0.25, 0.3) is 0 Å². The maximum absolute atomic E-state index is 13.0. The lowest BCUT2D eigenvalue weighted by Crippen LogP contribution is -2.43. The zero-order valence-electron chi connectivity index (χ0n) is 13.3. The summed E-state index contributed by atoms with van der Waals surface area (Å²) in [4.78, 5) is 17.3. The van der Waals surface area contributed by atoms with Gasteiger partial charge in [-0.25, -0.2) is 0 Å². The Kier molecular flexibility index (Phi) is 5.20. The molecule has 0 saturated carbocycles. The highest BCUT2D eigenvalue weighted by Crippen LogP contribution is 2.26. The van der Waals surface area contributed by atoms with E-state index in [2.05, 4.69) is 16.8 Å². The Labute approximate surface area is 126 Å². The van der Waals surface area contributed by atoms with Crippen LogP contribution in [0.1, 0.15) is 16.8 Å². The number of hydrogen-bond donors (Lipinski definition) is 0. The number of Topliss-reactive ketones (excluding diaryl/α,β-unsaturated/α-hetero) is 1. The van der Waals surface area contributed by atoms with E-state index in [9.17, 15) is 4.79 Å². The number of ether oxygens (including phenoxy) is 2. The van der Waals surface area contributed by atoms with Crippen molar-refractivity contribution in [3.05, 3.63) is 23.8 Å². The molecule has 1 aliphatic rings. The third kappa shape index (κ3) is 3.54. The lowest BCUT2D eigenvalue weighted by atomic mass is 10.0. The molecule has 0 amide bonds. The molecule has 1 saturated heterocycles. The van der Waals surface area contributed by atoms with Gasteiger partial charge in [-0.05, 0) is 51.8 Å². The maximum atomic E-state index is 13.0. The fourth-order valence-corrected chi connectivity index (χ4v) is 2.74. The summed E-state index contributed by atoms with van der Waals surface area (Å²) in [5.41, 5.74) is 0.587. The topological polar surface area (TPSA) is 42.0 Å². The first kappa shape index (κ1) is 15.8. The number of benzene rings is 1. The quantitative estimate of drug-likeness (QED) is 0.787. The second kappa shape index (κ2) is 6.91. The van der Waals surface area contributed by atoms with Crippen LogP contribution in [0.15, 0.2) is 18.2 Å². The molecule has 0 aromatic heterocycles. The standard InChI is InChI=1S/C16H24N2O3/c1-17-8-5-9-18(2)14(11-17)16(19)13-10-12(20-3)6-7-15(13)21-4/h6-7,10,14H,5,8-9,11H2,1-4H3. The van der Waals surface area contributed by atoms with E-state index in [-0.39, 0.29) is 11.8 Å². The van der Waals surface area contributed by atoms with Crippen LogP contribution in [0.4, 0.5) is 0 Å². The molecule has 0 radical (unpaired) electrons. The SMILES string of the molecule is COc1ccc(OC)c(C(=O)C2CN(C)CCCN2C)c1. The van der Waals surface area contributed by atoms with Crippen LogP contribution in [0.25, 0.3) is 0 Å². The average molecular weight is 292 g/mol. The van der Waals surface area contributed by atoms with Gasteiger partial charge in [-0.3, -0.25) is 9.69 Å². The Morgan fingerprint density at radius 2 is 1.95 bits per heavy atom. The highest BCUT2D eigenvalue weighted by atomic mass is 16.5. The molecule has 1 unspecified atom stereocenters. The van der Waals surface area contributed by atoms with E-state index in [1.807, 2.05) is 7.05 Å². The number of likely N-dealkylation sites (N-methyl/N-ethyl adjacent to an activating group) is 2. The van der Waals surface area contributed by atoms with Crippen LogP contribution < -0.4 is 9.47 Å². The van der Waals surface area contributed by atoms with Crippen molar-refractivity contribution in [2.75, 3.05) is 47.9 Å². The van der Waals surface area contributed by atoms with Gasteiger partial charge in [-0.2, -0.15) is 0 Å². The first-order valence-corrected chi connectivity index (χ1v) is 7.22. The van der Waals surface area contributed by atoms with Crippen molar-refractivity contribution in [2.45, 2.75) is 12.5 Å². The van der Waals surface area contributed by atoms with Crippen molar-refractivity contribution < 1.29 is 14.3 Å². The van der Waals surface area contributed by atoms with Gasteiger partial charge in [0, 0.05) is 6.54 Å². The fourth-order valence-electron chi connectivity index (χ4n) is 2.74. The van der Waals surface area contributed by atoms with Crippen molar-refractivity contribution in [3.63, 3.8) is 0 Å². The largest absolute Gasteiger partial charge is 0.497 e. The van der Waals surface area contributed by atoms with Crippen molar-refractivity contribution in [1.29, 1.82) is 0 Å². The summed E-state index contributed by atoms with van der Waals surface area (Å²) in [6.45, 7) is 2.67. The highest BCUT2D eigenvalue weighted by Gasteiger charge is 2.29. The van der Waals surface area contributed by atoms with E-state index in [0.717, 1.165) is 26.1 Å². The van der Waals surface area contributed by atoms with Crippen LogP contribution in [-0.2, 0) is 0 Å². The van der Waals surface area contributed by atoms with Crippen molar-refractivity contribution in [3.8, 4) is 11.5 Å². The Morgan fingerprint density at radius 3 is 2.62 bits per heavy atom. The van der Waals surface area contributed by atoms with Crippen LogP contribution in [0, 0.1) is 0 Å². The highest BCUT2D eigenvalue weighted by molar-refractivity contribution is 6.03. The zero-order chi connectivity index (χ0) is 15.4. The van der Waals surface area contributed by atoms with Crippen LogP contribution in [-0.4, -0.2) is 69.6 Å². The Morgan fingerprint density at radius 1 is 1.19 bits per heavy atom. The minimum atomic E-state index is -0.154. The van der Waals surface area contributed by atoms with Crippen LogP contribution in [0.5, 0.6) is 11.5 Å². The molecule has 1 aromatic carbocycles. The molecule has 0 N–H and O–H groups in total. The first-order chi connectivity index (χ1) is 10.1. The van der Waals surface area contributed by atoms with Gasteiger partial charge >= 0.3 is 0 Å². The number of rotatable bonds is 4. The molecule has 0 aliphatic carbocycles. The molecule has 0 bridgehead atoms. The van der Waals surface area contributed by atoms with E-state index < -0.39 is 0 Å². The molecule has 21 heavy (non-hydrogen) atoms. The van der Waals surface area contributed by atoms with Crippen LogP contribution in [0.3, 0.4) is 0 Å². The van der Waals surface area contributed by atoms with Crippen molar-refractivity contribution in [1.82, 2.24) is 9.80 Å². The molecular weight excluding hydrogens is 268 g/mol. The average Bonchev–Trinajstić information content (AvgIpc) is 2.67. The third-order valence-corrected chi connectivity index (χ3v) is 4.04. The number of hydrogen-bond acceptors (Lipinski definition) is 5. The van der Waals surface area contributed by atoms with E-state index in [4.69, 9.17) is 9.47 Å². The molecule has 2 rings (SSSR count). The summed E-state index contributed by atoms with van der Waals surface area (Å²) in [6, 6.07) is 5.20. The monoisotopic (exact) mass is 292 g/mol. The van der Waals surface area contributed by atoms with E-state index >= 15 is 0 Å². The maximum Gasteiger partial charge on any atom is 0.185 e. The van der Waals surface area contributed by atoms with Gasteiger partial charge in [0.1, 0.15) is 11.5 Å². The third-order valence-electron chi connectivity index (χ3n) is 4.04. The Bertz CT molecular complexity index is 504. The molecule has 1 fully saturated rings. The fraction of sp³-hybridized carbons (Fsp3) is 0.562. The summed E-state index contributed by atoms with van der Waals surface area (Å²) in [5, 5.41) is 0. The summed E-state index contributed by atoms with van der Waals surface area (Å²) in [5.74, 6) is 1.35. The van der Waals surface area contributed by atoms with E-state index in [0.29, 0.717) is 17.1 Å². The molecule has 0 spiro atoms. The molecular formula is C16H24N2O3. The number of carbonyl (C=O) groups is 1. The van der Waals surface area contributed by atoms with Gasteiger partial charge in [0.05, 0.1) is 25.8 Å². The summed E-state index contributed by atoms with van der Waals surface area (Å²) in [7, 11) is 7.25. The van der Waals surface area contributed by atoms with E-state index in [1.54, 1.807) is 32.4 Å². The van der Waals surface area contributed by atoms with Gasteiger partial charge in [0.15, 0.2) is 5.78 Å². The Hall–Kier alpha value is -1.59. The Balaban J connectivity index is 2.33. The lowest BCUT2D eigenvalue weighted by molar-refractivity contribution is 0.0836. The molecule has 1 aromatic rings. The van der Waals surface area contributed by atoms with Gasteiger partial charge in [0.2, 0.25) is 0 Å². The van der Waals surface area contributed by atoms with E-state index in [1.165, 1.54) is 0 Å². The second-order valence-corrected chi connectivity index (χ2v) is 5.54. The summed E-state index contributed by atoms with van der Waals surface area (Å²) in [6.07, 6.45) is 1.08. The minimum Gasteiger partial charge on any atom is -0.497 e. The smallest absolute Gasteiger partial charge is 0.185 e. The molecule has 1 aliphatic heterocycles. The summed E-state index contributed by atoms with van der Waals surface area (Å²) >= 11 is 0. The second-order valence-electron chi connectivity index (χ2n) is 5.54. The van der Waals surface area contributed by atoms with Crippen LogP contribution in [0.2, 0.25) is 0 Å². The van der Waals surface area contributed by atoms with Gasteiger partial charge in [-0.1, -0.05) is 0 Å². The van der Waals surface area contributed by atoms with Crippen molar-refractivity contribution >= 4 is 5.78 Å². The molecule has 5 nitrogen and oxygen atoms in total. The minimum absolute atomic E-state index is 0.0852. The number of carbonyl (C=O) groups excluding carboxylic acids is 1. The number of methoxy groups -OCH3 is 2. The predicted octanol–water partition coefficient (Wildman–Crippen LogP) is 1.52. The molecule has 116 valence electrons. The first-order valence-electron chi connectivity index (χ1n) is 7.22. The molecule has 1 heterocycles. The normalized spacial score (nSPS) is 20.9. The summed E-state index contributed by atoms with van der Waals surface area (Å²) < 4.78 is 10.6. The number of ketones is 1. The molecule has 1 atom stereocenters. The molecule has 5 heteroatoms. The zero-order valence-corrected chi connectivity index (χ0v) is 13.3. The number of nitrogens with zero attached hydrogens (tertiary/aromatic N) is 2. The van der Waals surface area contributed by atoms with Crippen LogP contribution >= 0.6 is 0 Å². The predicted molar refractivity (Wildman–Crippen MR) is 82.4 cm³/mol.